The fourth-order valence-electron chi connectivity index (χ4n) is 3.85. The quantitative estimate of drug-likeness (QED) is 0.527. The van der Waals surface area contributed by atoms with E-state index in [1.807, 2.05) is 72.8 Å². The van der Waals surface area contributed by atoms with Crippen molar-refractivity contribution < 1.29 is 10.2 Å². The minimum Gasteiger partial charge on any atom is -0.505 e. The number of rotatable bonds is 2. The number of hydrogen-bond donors (Lipinski definition) is 2. The molecule has 1 aliphatic heterocycles. The first-order valence-electron chi connectivity index (χ1n) is 9.22. The van der Waals surface area contributed by atoms with Gasteiger partial charge in [0.25, 0.3) is 0 Å². The second-order valence-electron chi connectivity index (χ2n) is 6.91. The number of phenolic OH excluding ortho intramolecular Hbond substituents is 2. The Morgan fingerprint density at radius 3 is 1.25 bits per heavy atom. The fraction of sp³-hybridized carbons (Fsp3) is 0.0833. The lowest BCUT2D eigenvalue weighted by atomic mass is 9.93. The highest BCUT2D eigenvalue weighted by Gasteiger charge is 2.28. The van der Waals surface area contributed by atoms with E-state index in [1.54, 1.807) is 12.1 Å². The predicted octanol–water partition coefficient (Wildman–Crippen LogP) is 3.99. The molecule has 28 heavy (non-hydrogen) atoms. The van der Waals surface area contributed by atoms with Crippen LogP contribution in [0.5, 0.6) is 11.5 Å². The van der Waals surface area contributed by atoms with Gasteiger partial charge in [0.15, 0.2) is 11.5 Å². The summed E-state index contributed by atoms with van der Waals surface area (Å²) in [4.78, 5) is 9.76. The van der Waals surface area contributed by atoms with E-state index in [1.165, 1.54) is 0 Å². The van der Waals surface area contributed by atoms with Gasteiger partial charge in [-0.25, -0.2) is 0 Å². The van der Waals surface area contributed by atoms with E-state index in [-0.39, 0.29) is 23.6 Å². The molecule has 1 heterocycles. The van der Waals surface area contributed by atoms with E-state index in [0.717, 1.165) is 11.1 Å². The lowest BCUT2D eigenvalue weighted by molar-refractivity contribution is 0.438. The SMILES string of the molecule is Oc1c2c(c(O)c3ccccc13)=N[C@@H](c1ccccc1)[C@H](c1ccccc1)N=2. The Morgan fingerprint density at radius 2 is 0.857 bits per heavy atom. The summed E-state index contributed by atoms with van der Waals surface area (Å²) in [6, 6.07) is 26.5. The zero-order valence-electron chi connectivity index (χ0n) is 15.0. The summed E-state index contributed by atoms with van der Waals surface area (Å²) in [6.07, 6.45) is 0. The van der Waals surface area contributed by atoms with E-state index in [9.17, 15) is 10.2 Å². The molecule has 0 spiro atoms. The summed E-state index contributed by atoms with van der Waals surface area (Å²) < 4.78 is 0. The molecule has 4 aromatic carbocycles. The zero-order chi connectivity index (χ0) is 19.1. The molecule has 4 heteroatoms. The maximum Gasteiger partial charge on any atom is 0.151 e. The Bertz CT molecular complexity index is 1180. The lowest BCUT2D eigenvalue weighted by Crippen LogP contribution is -2.33. The van der Waals surface area contributed by atoms with Crippen molar-refractivity contribution in [3.63, 3.8) is 0 Å². The minimum absolute atomic E-state index is 0.0552. The van der Waals surface area contributed by atoms with Crippen LogP contribution in [0.4, 0.5) is 0 Å². The highest BCUT2D eigenvalue weighted by atomic mass is 16.3. The molecule has 2 N–H and O–H groups in total. The molecule has 0 bridgehead atoms. The average molecular weight is 366 g/mol. The standard InChI is InChI=1S/C24H18N2O2/c27-23-17-13-7-8-14-18(17)24(28)22-21(23)25-19(15-9-3-1-4-10-15)20(26-22)16-11-5-2-6-12-16/h1-14,19-20,27-28H/t19-,20-/m0/s1. The van der Waals surface area contributed by atoms with E-state index in [4.69, 9.17) is 9.98 Å². The Hall–Kier alpha value is -3.66. The van der Waals surface area contributed by atoms with Crippen LogP contribution in [0.2, 0.25) is 0 Å². The Labute approximate surface area is 161 Å². The maximum absolute atomic E-state index is 10.9. The summed E-state index contributed by atoms with van der Waals surface area (Å²) in [7, 11) is 0. The van der Waals surface area contributed by atoms with Crippen molar-refractivity contribution in [3.8, 4) is 11.5 Å². The second-order valence-corrected chi connectivity index (χ2v) is 6.91. The number of benzene rings is 4. The fourth-order valence-corrected chi connectivity index (χ4v) is 3.85. The van der Waals surface area contributed by atoms with E-state index in [2.05, 4.69) is 0 Å². The normalized spacial score (nSPS) is 18.1. The van der Waals surface area contributed by atoms with Crippen LogP contribution in [-0.4, -0.2) is 10.2 Å². The van der Waals surface area contributed by atoms with Gasteiger partial charge in [0, 0.05) is 10.8 Å². The molecule has 0 fully saturated rings. The first-order valence-corrected chi connectivity index (χ1v) is 9.22. The van der Waals surface area contributed by atoms with E-state index in [0.29, 0.717) is 21.5 Å². The van der Waals surface area contributed by atoms with Crippen LogP contribution in [0.1, 0.15) is 23.2 Å². The van der Waals surface area contributed by atoms with Gasteiger partial charge in [-0.15, -0.1) is 0 Å². The molecule has 0 aromatic heterocycles. The largest absolute Gasteiger partial charge is 0.505 e. The van der Waals surface area contributed by atoms with Crippen molar-refractivity contribution in [3.05, 3.63) is 107 Å². The number of phenols is 2. The van der Waals surface area contributed by atoms with Crippen molar-refractivity contribution in [2.45, 2.75) is 12.1 Å². The number of nitrogens with zero attached hydrogens (tertiary/aromatic N) is 2. The smallest absolute Gasteiger partial charge is 0.151 e. The summed E-state index contributed by atoms with van der Waals surface area (Å²) >= 11 is 0. The van der Waals surface area contributed by atoms with Crippen LogP contribution in [0.15, 0.2) is 94.9 Å². The van der Waals surface area contributed by atoms with E-state index < -0.39 is 0 Å². The third kappa shape index (κ3) is 2.54. The summed E-state index contributed by atoms with van der Waals surface area (Å²) in [5.41, 5.74) is 2.02. The van der Waals surface area contributed by atoms with Gasteiger partial charge in [-0.3, -0.25) is 9.98 Å². The minimum atomic E-state index is -0.289. The molecular weight excluding hydrogens is 348 g/mol. The van der Waals surface area contributed by atoms with Gasteiger partial charge in [0.2, 0.25) is 0 Å². The van der Waals surface area contributed by atoms with Crippen molar-refractivity contribution in [1.29, 1.82) is 0 Å². The van der Waals surface area contributed by atoms with Crippen LogP contribution < -0.4 is 10.7 Å². The second kappa shape index (κ2) is 6.50. The molecule has 136 valence electrons. The Morgan fingerprint density at radius 1 is 0.500 bits per heavy atom. The number of fused-ring (bicyclic) bond motifs is 2. The molecule has 1 aliphatic rings. The van der Waals surface area contributed by atoms with Gasteiger partial charge in [-0.2, -0.15) is 0 Å². The molecule has 2 atom stereocenters. The molecule has 0 radical (unpaired) electrons. The third-order valence-electron chi connectivity index (χ3n) is 5.23. The van der Waals surface area contributed by atoms with Crippen LogP contribution >= 0.6 is 0 Å². The van der Waals surface area contributed by atoms with Crippen LogP contribution in [0.3, 0.4) is 0 Å². The van der Waals surface area contributed by atoms with Crippen molar-refractivity contribution in [1.82, 2.24) is 0 Å². The van der Waals surface area contributed by atoms with Crippen molar-refractivity contribution in [2.75, 3.05) is 0 Å². The molecule has 0 unspecified atom stereocenters. The van der Waals surface area contributed by atoms with Crippen molar-refractivity contribution >= 4 is 10.8 Å². The summed E-state index contributed by atoms with van der Waals surface area (Å²) in [5, 5.41) is 23.6. The molecule has 0 saturated heterocycles. The monoisotopic (exact) mass is 366 g/mol. The van der Waals surface area contributed by atoms with Gasteiger partial charge in [-0.1, -0.05) is 84.9 Å². The number of hydrogen-bond acceptors (Lipinski definition) is 4. The summed E-state index contributed by atoms with van der Waals surface area (Å²) in [6.45, 7) is 0. The Balaban J connectivity index is 1.86. The van der Waals surface area contributed by atoms with Crippen LogP contribution in [0.25, 0.3) is 10.8 Å². The van der Waals surface area contributed by atoms with Gasteiger partial charge in [0.05, 0.1) is 0 Å². The van der Waals surface area contributed by atoms with Gasteiger partial charge < -0.3 is 10.2 Å². The highest BCUT2D eigenvalue weighted by Crippen LogP contribution is 2.37. The molecular formula is C24H18N2O2. The molecule has 0 amide bonds. The first-order chi connectivity index (χ1) is 13.7. The molecule has 4 aromatic rings. The Kier molecular flexibility index (Phi) is 3.83. The molecule has 0 saturated carbocycles. The molecule has 5 rings (SSSR count). The third-order valence-corrected chi connectivity index (χ3v) is 5.23. The first kappa shape index (κ1) is 16.5. The number of aromatic hydroxyl groups is 2. The summed E-state index contributed by atoms with van der Waals surface area (Å²) in [5.74, 6) is 0.110. The molecule has 0 aliphatic carbocycles. The van der Waals surface area contributed by atoms with E-state index >= 15 is 0 Å². The highest BCUT2D eigenvalue weighted by molar-refractivity contribution is 5.92. The zero-order valence-corrected chi connectivity index (χ0v) is 15.0. The molecule has 4 nitrogen and oxygen atoms in total. The van der Waals surface area contributed by atoms with Gasteiger partial charge in [0.1, 0.15) is 22.8 Å². The predicted molar refractivity (Wildman–Crippen MR) is 108 cm³/mol. The maximum atomic E-state index is 10.9. The van der Waals surface area contributed by atoms with Crippen LogP contribution in [0, 0.1) is 0 Å². The van der Waals surface area contributed by atoms with Gasteiger partial charge >= 0.3 is 0 Å². The average Bonchev–Trinajstić information content (AvgIpc) is 2.78. The van der Waals surface area contributed by atoms with Gasteiger partial charge in [-0.05, 0) is 11.1 Å². The lowest BCUT2D eigenvalue weighted by Gasteiger charge is -2.25. The van der Waals surface area contributed by atoms with Crippen LogP contribution in [-0.2, 0) is 0 Å². The topological polar surface area (TPSA) is 65.2 Å². The van der Waals surface area contributed by atoms with Crippen molar-refractivity contribution in [2.24, 2.45) is 9.98 Å².